The number of carbonyl (C=O) groups is 1. The minimum Gasteiger partial charge on any atom is -0.494 e. The van der Waals surface area contributed by atoms with Crippen LogP contribution in [0.25, 0.3) is 10.2 Å². The van der Waals surface area contributed by atoms with Gasteiger partial charge in [0.05, 0.1) is 23.4 Å². The van der Waals surface area contributed by atoms with Crippen molar-refractivity contribution in [1.29, 1.82) is 0 Å². The Bertz CT molecular complexity index is 1190. The Hall–Kier alpha value is -2.97. The van der Waals surface area contributed by atoms with E-state index in [1.807, 2.05) is 25.3 Å². The molecule has 1 aromatic carbocycles. The third-order valence-electron chi connectivity index (χ3n) is 4.42. The van der Waals surface area contributed by atoms with E-state index in [9.17, 15) is 4.79 Å². The topological polar surface area (TPSA) is 73.1 Å². The third kappa shape index (κ3) is 3.68. The van der Waals surface area contributed by atoms with Crippen LogP contribution >= 0.6 is 22.9 Å². The quantitative estimate of drug-likeness (QED) is 0.476. The number of rotatable bonds is 5. The summed E-state index contributed by atoms with van der Waals surface area (Å²) in [7, 11) is 3.37. The molecule has 0 aliphatic carbocycles. The Morgan fingerprint density at radius 1 is 1.34 bits per heavy atom. The molecular weight excluding hydrogens is 410 g/mol. The molecule has 0 radical (unpaired) electrons. The first-order chi connectivity index (χ1) is 14.0. The monoisotopic (exact) mass is 427 g/mol. The first-order valence-corrected chi connectivity index (χ1v) is 10.0. The number of benzene rings is 1. The number of amides is 1. The van der Waals surface area contributed by atoms with Crippen LogP contribution < -0.4 is 9.64 Å². The van der Waals surface area contributed by atoms with E-state index in [1.54, 1.807) is 48.3 Å². The summed E-state index contributed by atoms with van der Waals surface area (Å²) in [5, 5.41) is 5.42. The molecule has 9 heteroatoms. The van der Waals surface area contributed by atoms with Crippen molar-refractivity contribution in [2.24, 2.45) is 7.05 Å². The lowest BCUT2D eigenvalue weighted by Crippen LogP contribution is -2.31. The molecule has 0 spiro atoms. The smallest absolute Gasteiger partial charge is 0.281 e. The zero-order valence-corrected chi connectivity index (χ0v) is 17.7. The van der Waals surface area contributed by atoms with Gasteiger partial charge in [-0.1, -0.05) is 29.0 Å². The number of thiazole rings is 1. The molecule has 0 unspecified atom stereocenters. The Balaban J connectivity index is 1.84. The molecule has 148 valence electrons. The predicted octanol–water partition coefficient (Wildman–Crippen LogP) is 4.24. The number of nitrogens with zero attached hydrogens (tertiary/aromatic N) is 5. The van der Waals surface area contributed by atoms with Crippen molar-refractivity contribution in [3.8, 4) is 5.75 Å². The van der Waals surface area contributed by atoms with Gasteiger partial charge in [0.25, 0.3) is 5.91 Å². The first kappa shape index (κ1) is 19.4. The van der Waals surface area contributed by atoms with E-state index >= 15 is 0 Å². The largest absolute Gasteiger partial charge is 0.494 e. The Kier molecular flexibility index (Phi) is 5.21. The highest BCUT2D eigenvalue weighted by Gasteiger charge is 2.26. The molecule has 4 aromatic rings. The lowest BCUT2D eigenvalue weighted by atomic mass is 10.2. The van der Waals surface area contributed by atoms with Gasteiger partial charge in [-0.25, -0.2) is 4.98 Å². The maximum Gasteiger partial charge on any atom is 0.281 e. The standard InChI is InChI=1S/C20H18ClN5O2S/c1-12-10-25(2)24-16(12)19(27)26(11-13-5-4-8-22-9-13)20-23-17-15(28-3)7-6-14(21)18(17)29-20/h4-10H,11H2,1-3H3. The highest BCUT2D eigenvalue weighted by molar-refractivity contribution is 7.23. The zero-order chi connectivity index (χ0) is 20.5. The van der Waals surface area contributed by atoms with Crippen LogP contribution in [0.1, 0.15) is 21.6 Å². The van der Waals surface area contributed by atoms with Gasteiger partial charge < -0.3 is 4.74 Å². The van der Waals surface area contributed by atoms with Crippen molar-refractivity contribution in [2.45, 2.75) is 13.5 Å². The van der Waals surface area contributed by atoms with Crippen molar-refractivity contribution in [1.82, 2.24) is 19.7 Å². The lowest BCUT2D eigenvalue weighted by Gasteiger charge is -2.19. The molecule has 0 N–H and O–H groups in total. The molecule has 0 saturated carbocycles. The van der Waals surface area contributed by atoms with Crippen molar-refractivity contribution in [3.05, 3.63) is 64.7 Å². The molecule has 0 atom stereocenters. The molecule has 4 rings (SSSR count). The molecular formula is C20H18ClN5O2S. The number of ether oxygens (including phenoxy) is 1. The number of aryl methyl sites for hydroxylation is 2. The Labute approximate surface area is 176 Å². The second-order valence-corrected chi connectivity index (χ2v) is 7.90. The molecule has 0 saturated heterocycles. The number of fused-ring (bicyclic) bond motifs is 1. The molecule has 0 fully saturated rings. The van der Waals surface area contributed by atoms with Crippen molar-refractivity contribution < 1.29 is 9.53 Å². The summed E-state index contributed by atoms with van der Waals surface area (Å²) in [6, 6.07) is 7.28. The van der Waals surface area contributed by atoms with Crippen LogP contribution in [0.15, 0.2) is 42.9 Å². The normalized spacial score (nSPS) is 11.0. The van der Waals surface area contributed by atoms with Gasteiger partial charge in [-0.15, -0.1) is 0 Å². The van der Waals surface area contributed by atoms with E-state index in [1.165, 1.54) is 11.3 Å². The minimum atomic E-state index is -0.235. The molecule has 0 aliphatic rings. The fourth-order valence-corrected chi connectivity index (χ4v) is 4.32. The second kappa shape index (κ2) is 7.81. The van der Waals surface area contributed by atoms with Crippen molar-refractivity contribution >= 4 is 44.2 Å². The molecule has 1 amide bonds. The van der Waals surface area contributed by atoms with Gasteiger partial charge in [-0.05, 0) is 30.7 Å². The van der Waals surface area contributed by atoms with Crippen LogP contribution in [0.3, 0.4) is 0 Å². The first-order valence-electron chi connectivity index (χ1n) is 8.82. The number of aromatic nitrogens is 4. The molecule has 0 bridgehead atoms. The van der Waals surface area contributed by atoms with Crippen LogP contribution in [0, 0.1) is 6.92 Å². The van der Waals surface area contributed by atoms with Crippen LogP contribution in [-0.4, -0.2) is 32.8 Å². The molecule has 7 nitrogen and oxygen atoms in total. The second-order valence-electron chi connectivity index (χ2n) is 6.51. The zero-order valence-electron chi connectivity index (χ0n) is 16.1. The molecule has 29 heavy (non-hydrogen) atoms. The maximum absolute atomic E-state index is 13.4. The van der Waals surface area contributed by atoms with Crippen molar-refractivity contribution in [3.63, 3.8) is 0 Å². The number of pyridine rings is 1. The van der Waals surface area contributed by atoms with E-state index < -0.39 is 0 Å². The Morgan fingerprint density at radius 3 is 2.83 bits per heavy atom. The van der Waals surface area contributed by atoms with Gasteiger partial charge in [0, 0.05) is 31.2 Å². The summed E-state index contributed by atoms with van der Waals surface area (Å²) in [6.07, 6.45) is 5.24. The number of carbonyl (C=O) groups excluding carboxylic acids is 1. The van der Waals surface area contributed by atoms with Crippen molar-refractivity contribution in [2.75, 3.05) is 12.0 Å². The van der Waals surface area contributed by atoms with E-state index in [4.69, 9.17) is 16.3 Å². The van der Waals surface area contributed by atoms with Gasteiger partial charge in [0.1, 0.15) is 11.3 Å². The predicted molar refractivity (Wildman–Crippen MR) is 114 cm³/mol. The fraction of sp³-hybridized carbons (Fsp3) is 0.200. The van der Waals surface area contributed by atoms with Gasteiger partial charge >= 0.3 is 0 Å². The number of hydrogen-bond donors (Lipinski definition) is 0. The molecule has 3 heterocycles. The third-order valence-corrected chi connectivity index (χ3v) is 5.96. The molecule has 3 aromatic heterocycles. The van der Waals surface area contributed by atoms with E-state index in [0.717, 1.165) is 15.8 Å². The van der Waals surface area contributed by atoms with Gasteiger partial charge in [0.15, 0.2) is 10.8 Å². The van der Waals surface area contributed by atoms with Gasteiger partial charge in [-0.2, -0.15) is 5.10 Å². The van der Waals surface area contributed by atoms with Crippen LogP contribution in [0.4, 0.5) is 5.13 Å². The maximum atomic E-state index is 13.4. The summed E-state index contributed by atoms with van der Waals surface area (Å²) >= 11 is 7.72. The average Bonchev–Trinajstić information content (AvgIpc) is 3.30. The van der Waals surface area contributed by atoms with Crippen LogP contribution in [0.5, 0.6) is 5.75 Å². The van der Waals surface area contributed by atoms with Crippen LogP contribution in [-0.2, 0) is 13.6 Å². The summed E-state index contributed by atoms with van der Waals surface area (Å²) < 4.78 is 7.81. The minimum absolute atomic E-state index is 0.235. The summed E-state index contributed by atoms with van der Waals surface area (Å²) in [5.41, 5.74) is 2.69. The highest BCUT2D eigenvalue weighted by Crippen LogP contribution is 2.39. The Morgan fingerprint density at radius 2 is 2.17 bits per heavy atom. The summed E-state index contributed by atoms with van der Waals surface area (Å²) in [5.74, 6) is 0.371. The lowest BCUT2D eigenvalue weighted by molar-refractivity contribution is 0.0979. The number of halogens is 1. The highest BCUT2D eigenvalue weighted by atomic mass is 35.5. The van der Waals surface area contributed by atoms with Gasteiger partial charge in [0.2, 0.25) is 0 Å². The number of anilines is 1. The van der Waals surface area contributed by atoms with E-state index in [-0.39, 0.29) is 5.91 Å². The van der Waals surface area contributed by atoms with E-state index in [0.29, 0.717) is 33.7 Å². The van der Waals surface area contributed by atoms with E-state index in [2.05, 4.69) is 15.1 Å². The summed E-state index contributed by atoms with van der Waals surface area (Å²) in [4.78, 5) is 23.9. The summed E-state index contributed by atoms with van der Waals surface area (Å²) in [6.45, 7) is 2.17. The SMILES string of the molecule is COc1ccc(Cl)c2sc(N(Cc3cccnc3)C(=O)c3nn(C)cc3C)nc12. The fourth-order valence-electron chi connectivity index (χ4n) is 3.07. The number of methoxy groups -OCH3 is 1. The van der Waals surface area contributed by atoms with Crippen LogP contribution in [0.2, 0.25) is 5.02 Å². The molecule has 0 aliphatic heterocycles. The number of hydrogen-bond acceptors (Lipinski definition) is 6. The van der Waals surface area contributed by atoms with Gasteiger partial charge in [-0.3, -0.25) is 19.4 Å². The average molecular weight is 428 g/mol.